The van der Waals surface area contributed by atoms with Gasteiger partial charge in [0.25, 0.3) is 0 Å². The minimum atomic E-state index is -0.318. The molecule has 0 aromatic carbocycles. The first-order chi connectivity index (χ1) is 5.25. The summed E-state index contributed by atoms with van der Waals surface area (Å²) in [4.78, 5) is 10.6. The van der Waals surface area contributed by atoms with Crippen molar-refractivity contribution in [1.82, 2.24) is 0 Å². The Labute approximate surface area is 95.5 Å². The van der Waals surface area contributed by atoms with E-state index in [0.717, 1.165) is 0 Å². The van der Waals surface area contributed by atoms with Crippen LogP contribution < -0.4 is 0 Å². The first kappa shape index (κ1) is 12.9. The van der Waals surface area contributed by atoms with Gasteiger partial charge < -0.3 is 0 Å². The van der Waals surface area contributed by atoms with Crippen molar-refractivity contribution in [2.24, 2.45) is 0 Å². The highest BCUT2D eigenvalue weighted by Gasteiger charge is 2.27. The van der Waals surface area contributed by atoms with Gasteiger partial charge in [-0.15, -0.1) is 11.6 Å². The lowest BCUT2D eigenvalue weighted by Gasteiger charge is -2.24. The molecular formula is C8H13Br2ClO. The van der Waals surface area contributed by atoms with Crippen LogP contribution in [0, 0.1) is 0 Å². The van der Waals surface area contributed by atoms with Crippen LogP contribution in [-0.4, -0.2) is 20.3 Å². The van der Waals surface area contributed by atoms with Crippen LogP contribution in [0.2, 0.25) is 0 Å². The van der Waals surface area contributed by atoms with Gasteiger partial charge in [0.05, 0.1) is 9.70 Å². The molecule has 0 radical (unpaired) electrons. The van der Waals surface area contributed by atoms with Crippen LogP contribution in [0.1, 0.15) is 27.2 Å². The molecule has 0 rings (SSSR count). The van der Waals surface area contributed by atoms with Crippen LogP contribution in [-0.2, 0) is 4.79 Å². The molecule has 0 fully saturated rings. The smallest absolute Gasteiger partial charge is 0.143 e. The molecule has 72 valence electrons. The third-order valence-electron chi connectivity index (χ3n) is 1.60. The standard InChI is InChI=1S/C8H13Br2ClO/c1-5(12)6(9)4-7(10)8(2,3)11/h6-7H,4H2,1-3H3. The molecule has 0 aliphatic heterocycles. The first-order valence-electron chi connectivity index (χ1n) is 3.72. The molecule has 12 heavy (non-hydrogen) atoms. The van der Waals surface area contributed by atoms with E-state index in [1.165, 1.54) is 0 Å². The Morgan fingerprint density at radius 1 is 1.50 bits per heavy atom. The summed E-state index contributed by atoms with van der Waals surface area (Å²) in [6.07, 6.45) is 0.714. The van der Waals surface area contributed by atoms with Gasteiger partial charge >= 0.3 is 0 Å². The Balaban J connectivity index is 4.01. The van der Waals surface area contributed by atoms with E-state index >= 15 is 0 Å². The lowest BCUT2D eigenvalue weighted by Crippen LogP contribution is -2.29. The predicted octanol–water partition coefficient (Wildman–Crippen LogP) is 3.51. The van der Waals surface area contributed by atoms with E-state index in [4.69, 9.17) is 11.6 Å². The van der Waals surface area contributed by atoms with Crippen molar-refractivity contribution in [2.75, 3.05) is 0 Å². The summed E-state index contributed by atoms with van der Waals surface area (Å²) >= 11 is 12.8. The lowest BCUT2D eigenvalue weighted by atomic mass is 10.0. The first-order valence-corrected chi connectivity index (χ1v) is 5.93. The number of halogens is 3. The quantitative estimate of drug-likeness (QED) is 0.725. The van der Waals surface area contributed by atoms with E-state index in [1.54, 1.807) is 6.92 Å². The Morgan fingerprint density at radius 3 is 2.17 bits per heavy atom. The molecule has 2 atom stereocenters. The molecule has 0 saturated heterocycles. The molecule has 1 nitrogen and oxygen atoms in total. The minimum Gasteiger partial charge on any atom is -0.299 e. The highest BCUT2D eigenvalue weighted by atomic mass is 79.9. The number of carbonyl (C=O) groups is 1. The summed E-state index contributed by atoms with van der Waals surface area (Å²) < 4.78 is 0. The largest absolute Gasteiger partial charge is 0.299 e. The van der Waals surface area contributed by atoms with Gasteiger partial charge in [0.2, 0.25) is 0 Å². The van der Waals surface area contributed by atoms with Crippen LogP contribution in [0.25, 0.3) is 0 Å². The summed E-state index contributed by atoms with van der Waals surface area (Å²) in [5, 5.41) is 0. The molecule has 0 aromatic heterocycles. The van der Waals surface area contributed by atoms with Crippen molar-refractivity contribution in [2.45, 2.75) is 41.7 Å². The molecule has 0 bridgehead atoms. The average molecular weight is 320 g/mol. The molecule has 0 heterocycles. The predicted molar refractivity (Wildman–Crippen MR) is 60.7 cm³/mol. The molecule has 0 aliphatic rings. The number of Topliss-reactive ketones (excluding diaryl/α,β-unsaturated/α-hetero) is 1. The number of hydrogen-bond donors (Lipinski definition) is 0. The van der Waals surface area contributed by atoms with Gasteiger partial charge in [-0.1, -0.05) is 31.9 Å². The summed E-state index contributed by atoms with van der Waals surface area (Å²) in [5.74, 6) is 0.139. The fourth-order valence-corrected chi connectivity index (χ4v) is 1.97. The molecule has 4 heteroatoms. The van der Waals surface area contributed by atoms with E-state index in [0.29, 0.717) is 6.42 Å². The van der Waals surface area contributed by atoms with Crippen LogP contribution in [0.4, 0.5) is 0 Å². The third-order valence-corrected chi connectivity index (χ3v) is 4.66. The Morgan fingerprint density at radius 2 is 1.92 bits per heavy atom. The zero-order valence-corrected chi connectivity index (χ0v) is 11.3. The molecule has 2 unspecified atom stereocenters. The second-order valence-corrected chi connectivity index (χ2v) is 6.53. The summed E-state index contributed by atoms with van der Waals surface area (Å²) in [6, 6.07) is 0. The van der Waals surface area contributed by atoms with Gasteiger partial charge in [0, 0.05) is 4.83 Å². The maximum Gasteiger partial charge on any atom is 0.143 e. The summed E-state index contributed by atoms with van der Waals surface area (Å²) in [6.45, 7) is 5.42. The second-order valence-electron chi connectivity index (χ2n) is 3.35. The number of hydrogen-bond acceptors (Lipinski definition) is 1. The molecule has 0 amide bonds. The maximum atomic E-state index is 10.9. The number of rotatable bonds is 4. The van der Waals surface area contributed by atoms with Crippen LogP contribution in [0.15, 0.2) is 0 Å². The van der Waals surface area contributed by atoms with Crippen molar-refractivity contribution in [3.63, 3.8) is 0 Å². The third kappa shape index (κ3) is 4.83. The Bertz CT molecular complexity index is 165. The fourth-order valence-electron chi connectivity index (χ4n) is 0.628. The SMILES string of the molecule is CC(=O)C(Br)CC(Br)C(C)(C)Cl. The van der Waals surface area contributed by atoms with Crippen molar-refractivity contribution in [3.8, 4) is 0 Å². The fraction of sp³-hybridized carbons (Fsp3) is 0.875. The average Bonchev–Trinajstić information content (AvgIpc) is 1.85. The Hall–Kier alpha value is 0.920. The molecular weight excluding hydrogens is 307 g/mol. The van der Waals surface area contributed by atoms with Crippen molar-refractivity contribution in [1.29, 1.82) is 0 Å². The van der Waals surface area contributed by atoms with Gasteiger partial charge in [0.1, 0.15) is 5.78 Å². The molecule has 0 aliphatic carbocycles. The highest BCUT2D eigenvalue weighted by molar-refractivity contribution is 9.10. The van der Waals surface area contributed by atoms with Crippen LogP contribution in [0.3, 0.4) is 0 Å². The van der Waals surface area contributed by atoms with E-state index in [-0.39, 0.29) is 20.3 Å². The number of carbonyl (C=O) groups excluding carboxylic acids is 1. The van der Waals surface area contributed by atoms with E-state index in [2.05, 4.69) is 31.9 Å². The van der Waals surface area contributed by atoms with Gasteiger partial charge in [0.15, 0.2) is 0 Å². The Kier molecular flexibility index (Phi) is 5.35. The highest BCUT2D eigenvalue weighted by Crippen LogP contribution is 2.30. The molecule has 0 N–H and O–H groups in total. The monoisotopic (exact) mass is 318 g/mol. The molecule has 0 saturated carbocycles. The van der Waals surface area contributed by atoms with Gasteiger partial charge in [-0.2, -0.15) is 0 Å². The van der Waals surface area contributed by atoms with Crippen molar-refractivity contribution < 1.29 is 4.79 Å². The maximum absolute atomic E-state index is 10.9. The molecule has 0 aromatic rings. The second kappa shape index (κ2) is 4.97. The van der Waals surface area contributed by atoms with Gasteiger partial charge in [-0.05, 0) is 27.2 Å². The van der Waals surface area contributed by atoms with Gasteiger partial charge in [-0.25, -0.2) is 0 Å². The van der Waals surface area contributed by atoms with E-state index in [9.17, 15) is 4.79 Å². The van der Waals surface area contributed by atoms with Crippen LogP contribution >= 0.6 is 43.5 Å². The zero-order chi connectivity index (χ0) is 9.94. The number of alkyl halides is 3. The van der Waals surface area contributed by atoms with Crippen molar-refractivity contribution in [3.05, 3.63) is 0 Å². The zero-order valence-electron chi connectivity index (χ0n) is 7.40. The molecule has 0 spiro atoms. The van der Waals surface area contributed by atoms with Crippen LogP contribution in [0.5, 0.6) is 0 Å². The summed E-state index contributed by atoms with van der Waals surface area (Å²) in [5.41, 5.74) is 0. The normalized spacial score (nSPS) is 17.2. The van der Waals surface area contributed by atoms with E-state index in [1.807, 2.05) is 13.8 Å². The lowest BCUT2D eigenvalue weighted by molar-refractivity contribution is -0.116. The summed E-state index contributed by atoms with van der Waals surface area (Å²) in [7, 11) is 0. The number of ketones is 1. The van der Waals surface area contributed by atoms with E-state index < -0.39 is 0 Å². The topological polar surface area (TPSA) is 17.1 Å². The minimum absolute atomic E-state index is 0.0973. The van der Waals surface area contributed by atoms with Gasteiger partial charge in [-0.3, -0.25) is 4.79 Å². The van der Waals surface area contributed by atoms with Crippen molar-refractivity contribution >= 4 is 49.2 Å².